The van der Waals surface area contributed by atoms with Gasteiger partial charge in [0.25, 0.3) is 5.91 Å². The van der Waals surface area contributed by atoms with Crippen molar-refractivity contribution in [1.29, 1.82) is 0 Å². The fourth-order valence-electron chi connectivity index (χ4n) is 2.36. The lowest BCUT2D eigenvalue weighted by Gasteiger charge is -2.27. The molecule has 1 amide bonds. The number of carbonyl (C=O) groups is 1. The van der Waals surface area contributed by atoms with E-state index in [9.17, 15) is 13.2 Å². The van der Waals surface area contributed by atoms with E-state index in [1.165, 1.54) is 4.90 Å². The molecule has 5 nitrogen and oxygen atoms in total. The molecule has 8 heteroatoms. The number of ether oxygens (including phenoxy) is 1. The highest BCUT2D eigenvalue weighted by atomic mass is 35.5. The summed E-state index contributed by atoms with van der Waals surface area (Å²) < 4.78 is 28.6. The van der Waals surface area contributed by atoms with Gasteiger partial charge in [-0.25, -0.2) is 8.42 Å². The van der Waals surface area contributed by atoms with Crippen LogP contribution in [0, 0.1) is 0 Å². The van der Waals surface area contributed by atoms with Gasteiger partial charge >= 0.3 is 0 Å². The number of carbonyl (C=O) groups excluding carboxylic acids is 1. The zero-order chi connectivity index (χ0) is 16.5. The molecule has 1 saturated heterocycles. The van der Waals surface area contributed by atoms with Crippen molar-refractivity contribution in [3.63, 3.8) is 0 Å². The summed E-state index contributed by atoms with van der Waals surface area (Å²) in [5, 5.41) is 0.587. The maximum Gasteiger partial charge on any atom is 0.263 e. The first-order valence-electron chi connectivity index (χ1n) is 6.79. The van der Waals surface area contributed by atoms with Crippen LogP contribution in [0.25, 0.3) is 0 Å². The Hall–Kier alpha value is -0.980. The number of likely N-dealkylation sites (N-methyl/N-ethyl adjacent to an activating group) is 1. The largest absolute Gasteiger partial charge is 0.479 e. The van der Waals surface area contributed by atoms with Crippen molar-refractivity contribution in [2.24, 2.45) is 0 Å². The standard InChI is InChI=1S/C14H17Cl2NO4S/c1-9(21-12-5-3-4-11(15)13(12)16)14(18)17(2)10-6-7-22(19,20)8-10/h3-5,9-10H,6-8H2,1-2H3. The smallest absolute Gasteiger partial charge is 0.263 e. The number of sulfone groups is 1. The third kappa shape index (κ3) is 3.86. The number of hydrogen-bond donors (Lipinski definition) is 0. The summed E-state index contributed by atoms with van der Waals surface area (Å²) in [5.74, 6) is 0.144. The summed E-state index contributed by atoms with van der Waals surface area (Å²) in [7, 11) is -1.45. The normalized spacial score (nSPS) is 21.4. The molecule has 2 atom stereocenters. The van der Waals surface area contributed by atoms with Gasteiger partial charge in [-0.3, -0.25) is 4.79 Å². The Morgan fingerprint density at radius 3 is 2.68 bits per heavy atom. The monoisotopic (exact) mass is 365 g/mol. The molecule has 122 valence electrons. The molecule has 1 aliphatic heterocycles. The van der Waals surface area contributed by atoms with Gasteiger partial charge in [0.15, 0.2) is 15.9 Å². The van der Waals surface area contributed by atoms with E-state index in [0.29, 0.717) is 17.2 Å². The van der Waals surface area contributed by atoms with Crippen molar-refractivity contribution in [2.45, 2.75) is 25.5 Å². The van der Waals surface area contributed by atoms with Crippen LogP contribution in [-0.4, -0.2) is 49.9 Å². The van der Waals surface area contributed by atoms with Gasteiger partial charge in [0.1, 0.15) is 10.8 Å². The minimum atomic E-state index is -3.04. The lowest BCUT2D eigenvalue weighted by Crippen LogP contribution is -2.44. The highest BCUT2D eigenvalue weighted by Crippen LogP contribution is 2.32. The fourth-order valence-corrected chi connectivity index (χ4v) is 4.47. The number of benzene rings is 1. The second-order valence-electron chi connectivity index (χ2n) is 5.32. The Morgan fingerprint density at radius 2 is 2.09 bits per heavy atom. The summed E-state index contributed by atoms with van der Waals surface area (Å²) in [6.45, 7) is 1.60. The number of nitrogens with zero attached hydrogens (tertiary/aromatic N) is 1. The SMILES string of the molecule is CC(Oc1cccc(Cl)c1Cl)C(=O)N(C)C1CCS(=O)(=O)C1. The molecule has 0 aromatic heterocycles. The summed E-state index contributed by atoms with van der Waals surface area (Å²) in [5.41, 5.74) is 0. The van der Waals surface area contributed by atoms with E-state index in [4.69, 9.17) is 27.9 Å². The highest BCUT2D eigenvalue weighted by molar-refractivity contribution is 7.91. The van der Waals surface area contributed by atoms with Crippen LogP contribution in [0.2, 0.25) is 10.0 Å². The Kier molecular flexibility index (Phi) is 5.25. The van der Waals surface area contributed by atoms with Crippen LogP contribution in [0.3, 0.4) is 0 Å². The van der Waals surface area contributed by atoms with Gasteiger partial charge < -0.3 is 9.64 Å². The average molecular weight is 366 g/mol. The molecule has 1 aliphatic rings. The van der Waals surface area contributed by atoms with Crippen molar-refractivity contribution < 1.29 is 17.9 Å². The molecule has 22 heavy (non-hydrogen) atoms. The molecule has 0 spiro atoms. The second kappa shape index (κ2) is 6.64. The van der Waals surface area contributed by atoms with Crippen LogP contribution in [0.4, 0.5) is 0 Å². The molecule has 2 rings (SSSR count). The molecule has 0 radical (unpaired) electrons. The molecule has 1 heterocycles. The van der Waals surface area contributed by atoms with Crippen LogP contribution in [0.15, 0.2) is 18.2 Å². The van der Waals surface area contributed by atoms with Crippen molar-refractivity contribution in [3.8, 4) is 5.75 Å². The van der Waals surface area contributed by atoms with Crippen LogP contribution < -0.4 is 4.74 Å². The van der Waals surface area contributed by atoms with Crippen molar-refractivity contribution in [2.75, 3.05) is 18.6 Å². The Labute approximate surface area is 140 Å². The van der Waals surface area contributed by atoms with E-state index < -0.39 is 15.9 Å². The first-order chi connectivity index (χ1) is 10.2. The molecule has 1 aromatic rings. The summed E-state index contributed by atoms with van der Waals surface area (Å²) in [4.78, 5) is 13.8. The number of amides is 1. The predicted molar refractivity (Wildman–Crippen MR) is 86.4 cm³/mol. The van der Waals surface area contributed by atoms with Gasteiger partial charge in [-0.2, -0.15) is 0 Å². The summed E-state index contributed by atoms with van der Waals surface area (Å²) in [6.07, 6.45) is -0.334. The van der Waals surface area contributed by atoms with Gasteiger partial charge in [-0.15, -0.1) is 0 Å². The topological polar surface area (TPSA) is 63.7 Å². The Balaban J connectivity index is 2.04. The Morgan fingerprint density at radius 1 is 1.41 bits per heavy atom. The molecular weight excluding hydrogens is 349 g/mol. The van der Waals surface area contributed by atoms with Crippen molar-refractivity contribution in [1.82, 2.24) is 4.90 Å². The molecule has 1 fully saturated rings. The van der Waals surface area contributed by atoms with E-state index in [2.05, 4.69) is 0 Å². The van der Waals surface area contributed by atoms with Gasteiger partial charge in [0.05, 0.1) is 16.5 Å². The van der Waals surface area contributed by atoms with Gasteiger partial charge in [-0.05, 0) is 25.5 Å². The highest BCUT2D eigenvalue weighted by Gasteiger charge is 2.34. The van der Waals surface area contributed by atoms with Gasteiger partial charge in [-0.1, -0.05) is 29.3 Å². The minimum Gasteiger partial charge on any atom is -0.479 e. The molecule has 0 N–H and O–H groups in total. The zero-order valence-electron chi connectivity index (χ0n) is 12.3. The molecule has 1 aromatic carbocycles. The third-order valence-electron chi connectivity index (χ3n) is 3.67. The maximum atomic E-state index is 12.4. The van der Waals surface area contributed by atoms with E-state index >= 15 is 0 Å². The molecule has 2 unspecified atom stereocenters. The van der Waals surface area contributed by atoms with Crippen LogP contribution >= 0.6 is 23.2 Å². The number of hydrogen-bond acceptors (Lipinski definition) is 4. The van der Waals surface area contributed by atoms with E-state index in [1.807, 2.05) is 0 Å². The van der Waals surface area contributed by atoms with Gasteiger partial charge in [0.2, 0.25) is 0 Å². The third-order valence-corrected chi connectivity index (χ3v) is 6.22. The molecule has 0 saturated carbocycles. The first-order valence-corrected chi connectivity index (χ1v) is 9.37. The van der Waals surface area contributed by atoms with Gasteiger partial charge in [0, 0.05) is 13.1 Å². The van der Waals surface area contributed by atoms with E-state index in [-0.39, 0.29) is 28.5 Å². The summed E-state index contributed by atoms with van der Waals surface area (Å²) >= 11 is 11.9. The van der Waals surface area contributed by atoms with E-state index in [1.54, 1.807) is 32.2 Å². The maximum absolute atomic E-state index is 12.4. The van der Waals surface area contributed by atoms with Crippen molar-refractivity contribution in [3.05, 3.63) is 28.2 Å². The average Bonchev–Trinajstić information content (AvgIpc) is 2.82. The van der Waals surface area contributed by atoms with Crippen LogP contribution in [-0.2, 0) is 14.6 Å². The minimum absolute atomic E-state index is 0.000118. The van der Waals surface area contributed by atoms with Crippen LogP contribution in [0.1, 0.15) is 13.3 Å². The van der Waals surface area contributed by atoms with Crippen molar-refractivity contribution >= 4 is 38.9 Å². The Bertz CT molecular complexity index is 677. The first kappa shape index (κ1) is 17.4. The quantitative estimate of drug-likeness (QED) is 0.821. The predicted octanol–water partition coefficient (Wildman–Crippen LogP) is 2.41. The zero-order valence-corrected chi connectivity index (χ0v) is 14.6. The fraction of sp³-hybridized carbons (Fsp3) is 0.500. The number of rotatable bonds is 4. The van der Waals surface area contributed by atoms with Crippen LogP contribution in [0.5, 0.6) is 5.75 Å². The molecule has 0 aliphatic carbocycles. The lowest BCUT2D eigenvalue weighted by molar-refractivity contribution is -0.138. The molecular formula is C14H17Cl2NO4S. The second-order valence-corrected chi connectivity index (χ2v) is 8.33. The lowest BCUT2D eigenvalue weighted by atomic mass is 10.2. The van der Waals surface area contributed by atoms with E-state index in [0.717, 1.165) is 0 Å². The number of halogens is 2. The molecule has 0 bridgehead atoms. The summed E-state index contributed by atoms with van der Waals surface area (Å²) in [6, 6.07) is 4.61.